The number of rotatable bonds is 4. The normalized spacial score (nSPS) is 14.9. The molecule has 1 aliphatic heterocycles. The smallest absolute Gasteiger partial charge is 0.363 e. The van der Waals surface area contributed by atoms with Gasteiger partial charge in [-0.15, -0.1) is 0 Å². The van der Waals surface area contributed by atoms with Gasteiger partial charge in [0.25, 0.3) is 11.4 Å². The molecule has 2 aromatic carbocycles. The number of carbonyl (C=O) groups is 1. The van der Waals surface area contributed by atoms with Gasteiger partial charge in [0.15, 0.2) is 5.70 Å². The lowest BCUT2D eigenvalue weighted by Crippen LogP contribution is -2.06. The Hall–Kier alpha value is -3.88. The quantitative estimate of drug-likeness (QED) is 0.360. The molecule has 0 saturated carbocycles. The average molecular weight is 353 g/mol. The van der Waals surface area contributed by atoms with E-state index in [-0.39, 0.29) is 17.2 Å². The maximum atomic E-state index is 12.0. The average Bonchev–Trinajstić information content (AvgIpc) is 2.97. The third-order valence-electron chi connectivity index (χ3n) is 3.67. The summed E-state index contributed by atoms with van der Waals surface area (Å²) in [6.07, 6.45) is 1.52. The highest BCUT2D eigenvalue weighted by atomic mass is 16.6. The van der Waals surface area contributed by atoms with Crippen LogP contribution in [0.3, 0.4) is 0 Å². The molecule has 26 heavy (non-hydrogen) atoms. The zero-order valence-corrected chi connectivity index (χ0v) is 13.4. The van der Waals surface area contributed by atoms with Crippen molar-refractivity contribution < 1.29 is 19.4 Å². The van der Waals surface area contributed by atoms with E-state index in [0.29, 0.717) is 0 Å². The lowest BCUT2D eigenvalue weighted by atomic mass is 10.1. The van der Waals surface area contributed by atoms with Crippen LogP contribution in [0.25, 0.3) is 6.08 Å². The van der Waals surface area contributed by atoms with Gasteiger partial charge in [0, 0.05) is 12.1 Å². The summed E-state index contributed by atoms with van der Waals surface area (Å²) in [4.78, 5) is 36.5. The topological polar surface area (TPSA) is 125 Å². The molecule has 130 valence electrons. The van der Waals surface area contributed by atoms with Crippen LogP contribution >= 0.6 is 0 Å². The molecular weight excluding hydrogens is 342 g/mol. The summed E-state index contributed by atoms with van der Waals surface area (Å²) < 4.78 is 5.04. The van der Waals surface area contributed by atoms with Crippen LogP contribution in [0.2, 0.25) is 0 Å². The molecular formula is C17H11N3O6. The standard InChI is InChI=1S/C17H11N3O6/c1-10-4-2-3-5-11(10)8-15-17(21)26-16(18-15)12-6-13(19(22)23)9-14(7-12)20(24)25/h2-9H,1H3/b15-8+. The second kappa shape index (κ2) is 6.55. The van der Waals surface area contributed by atoms with Crippen molar-refractivity contribution >= 4 is 29.3 Å². The molecule has 3 rings (SSSR count). The monoisotopic (exact) mass is 353 g/mol. The molecule has 0 aliphatic carbocycles. The number of non-ortho nitro benzene ring substituents is 2. The first-order valence-corrected chi connectivity index (χ1v) is 7.37. The van der Waals surface area contributed by atoms with Gasteiger partial charge in [-0.1, -0.05) is 24.3 Å². The second-order valence-electron chi connectivity index (χ2n) is 5.44. The highest BCUT2D eigenvalue weighted by molar-refractivity contribution is 6.13. The zero-order valence-electron chi connectivity index (χ0n) is 13.4. The highest BCUT2D eigenvalue weighted by Crippen LogP contribution is 2.26. The first kappa shape index (κ1) is 17.0. The van der Waals surface area contributed by atoms with E-state index in [0.717, 1.165) is 29.3 Å². The molecule has 9 heteroatoms. The Labute approximate surface area is 146 Å². The Morgan fingerprint density at radius 1 is 1.04 bits per heavy atom. The van der Waals surface area contributed by atoms with E-state index in [1.165, 1.54) is 6.08 Å². The van der Waals surface area contributed by atoms with Gasteiger partial charge >= 0.3 is 5.97 Å². The van der Waals surface area contributed by atoms with E-state index in [1.807, 2.05) is 19.1 Å². The van der Waals surface area contributed by atoms with Gasteiger partial charge in [0.2, 0.25) is 5.90 Å². The first-order valence-electron chi connectivity index (χ1n) is 7.37. The minimum atomic E-state index is -0.766. The van der Waals surface area contributed by atoms with Gasteiger partial charge in [-0.25, -0.2) is 9.79 Å². The fraction of sp³-hybridized carbons (Fsp3) is 0.0588. The molecule has 1 heterocycles. The van der Waals surface area contributed by atoms with Crippen LogP contribution in [0.1, 0.15) is 16.7 Å². The molecule has 0 fully saturated rings. The lowest BCUT2D eigenvalue weighted by molar-refractivity contribution is -0.394. The van der Waals surface area contributed by atoms with Gasteiger partial charge in [0.1, 0.15) is 0 Å². The fourth-order valence-corrected chi connectivity index (χ4v) is 2.36. The number of esters is 1. The van der Waals surface area contributed by atoms with Crippen molar-refractivity contribution in [2.75, 3.05) is 0 Å². The number of hydrogen-bond acceptors (Lipinski definition) is 7. The van der Waals surface area contributed by atoms with Crippen molar-refractivity contribution in [3.05, 3.63) is 85.1 Å². The van der Waals surface area contributed by atoms with Crippen molar-refractivity contribution in [1.29, 1.82) is 0 Å². The van der Waals surface area contributed by atoms with Gasteiger partial charge in [-0.3, -0.25) is 20.2 Å². The summed E-state index contributed by atoms with van der Waals surface area (Å²) in [5, 5.41) is 21.9. The van der Waals surface area contributed by atoms with Crippen molar-refractivity contribution in [2.45, 2.75) is 6.92 Å². The van der Waals surface area contributed by atoms with E-state index >= 15 is 0 Å². The van der Waals surface area contributed by atoms with Crippen molar-refractivity contribution in [3.63, 3.8) is 0 Å². The largest absolute Gasteiger partial charge is 0.402 e. The number of nitro benzene ring substituents is 2. The number of carbonyl (C=O) groups excluding carboxylic acids is 1. The number of hydrogen-bond donors (Lipinski definition) is 0. The van der Waals surface area contributed by atoms with E-state index in [2.05, 4.69) is 4.99 Å². The van der Waals surface area contributed by atoms with Crippen molar-refractivity contribution in [1.82, 2.24) is 0 Å². The minimum absolute atomic E-state index is 0.00320. The van der Waals surface area contributed by atoms with Crippen LogP contribution in [-0.4, -0.2) is 21.7 Å². The fourth-order valence-electron chi connectivity index (χ4n) is 2.36. The van der Waals surface area contributed by atoms with Crippen LogP contribution in [0.15, 0.2) is 53.2 Å². The van der Waals surface area contributed by atoms with Crippen LogP contribution < -0.4 is 0 Å². The van der Waals surface area contributed by atoms with Crippen LogP contribution in [0.5, 0.6) is 0 Å². The van der Waals surface area contributed by atoms with Gasteiger partial charge < -0.3 is 4.74 Å². The molecule has 9 nitrogen and oxygen atoms in total. The Kier molecular flexibility index (Phi) is 4.27. The Balaban J connectivity index is 2.05. The van der Waals surface area contributed by atoms with Crippen LogP contribution in [-0.2, 0) is 9.53 Å². The number of benzene rings is 2. The summed E-state index contributed by atoms with van der Waals surface area (Å²) in [6, 6.07) is 10.3. The summed E-state index contributed by atoms with van der Waals surface area (Å²) in [6.45, 7) is 1.86. The van der Waals surface area contributed by atoms with Crippen molar-refractivity contribution in [3.8, 4) is 0 Å². The Morgan fingerprint density at radius 2 is 1.65 bits per heavy atom. The van der Waals surface area contributed by atoms with Crippen molar-refractivity contribution in [2.24, 2.45) is 4.99 Å². The second-order valence-corrected chi connectivity index (χ2v) is 5.44. The highest BCUT2D eigenvalue weighted by Gasteiger charge is 2.27. The lowest BCUT2D eigenvalue weighted by Gasteiger charge is -2.00. The van der Waals surface area contributed by atoms with Gasteiger partial charge in [-0.2, -0.15) is 0 Å². The minimum Gasteiger partial charge on any atom is -0.402 e. The molecule has 0 atom stereocenters. The number of ether oxygens (including phenoxy) is 1. The molecule has 0 aromatic heterocycles. The number of nitro groups is 2. The molecule has 0 N–H and O–H groups in total. The SMILES string of the molecule is Cc1ccccc1/C=C1/N=C(c2cc([N+](=O)[O-])cc([N+](=O)[O-])c2)OC1=O. The summed E-state index contributed by atoms with van der Waals surface area (Å²) >= 11 is 0. The molecule has 0 unspecified atom stereocenters. The Bertz CT molecular complexity index is 977. The molecule has 2 aromatic rings. The van der Waals surface area contributed by atoms with Crippen LogP contribution in [0, 0.1) is 27.2 Å². The summed E-state index contributed by atoms with van der Waals surface area (Å²) in [5.41, 5.74) is 0.668. The van der Waals surface area contributed by atoms with Crippen LogP contribution in [0.4, 0.5) is 11.4 Å². The first-order chi connectivity index (χ1) is 12.3. The number of aryl methyl sites for hydroxylation is 1. The summed E-state index contributed by atoms with van der Waals surface area (Å²) in [7, 11) is 0. The molecule has 1 aliphatic rings. The molecule has 0 amide bonds. The van der Waals surface area contributed by atoms with Gasteiger partial charge in [-0.05, 0) is 24.1 Å². The molecule has 0 radical (unpaired) electrons. The van der Waals surface area contributed by atoms with E-state index in [1.54, 1.807) is 12.1 Å². The maximum Gasteiger partial charge on any atom is 0.363 e. The Morgan fingerprint density at radius 3 is 2.23 bits per heavy atom. The molecule has 0 spiro atoms. The number of aliphatic imine (C=N–C) groups is 1. The predicted molar refractivity (Wildman–Crippen MR) is 91.5 cm³/mol. The van der Waals surface area contributed by atoms with E-state index in [4.69, 9.17) is 4.74 Å². The number of nitrogens with zero attached hydrogens (tertiary/aromatic N) is 3. The van der Waals surface area contributed by atoms with Gasteiger partial charge in [0.05, 0.1) is 21.5 Å². The maximum absolute atomic E-state index is 12.0. The molecule has 0 saturated heterocycles. The summed E-state index contributed by atoms with van der Waals surface area (Å²) in [5.74, 6) is -0.959. The molecule has 0 bridgehead atoms. The van der Waals surface area contributed by atoms with E-state index in [9.17, 15) is 25.0 Å². The third kappa shape index (κ3) is 3.31. The zero-order chi connectivity index (χ0) is 18.8. The predicted octanol–water partition coefficient (Wildman–Crippen LogP) is 3.16. The van der Waals surface area contributed by atoms with E-state index < -0.39 is 27.2 Å². The number of cyclic esters (lactones) is 1. The third-order valence-corrected chi connectivity index (χ3v) is 3.67.